The second-order valence-electron chi connectivity index (χ2n) is 6.17. The zero-order valence-electron chi connectivity index (χ0n) is 15.7. The molecule has 0 aliphatic heterocycles. The molecule has 34 heavy (non-hydrogen) atoms. The topological polar surface area (TPSA) is 307 Å². The Morgan fingerprint density at radius 2 is 1.35 bits per heavy atom. The predicted molar refractivity (Wildman–Crippen MR) is 104 cm³/mol. The van der Waals surface area contributed by atoms with E-state index in [2.05, 4.69) is 30.2 Å². The quantitative estimate of drug-likeness (QED) is 0.108. The van der Waals surface area contributed by atoms with Crippen LogP contribution in [0.15, 0.2) is 22.4 Å². The van der Waals surface area contributed by atoms with Crippen LogP contribution >= 0.6 is 0 Å². The summed E-state index contributed by atoms with van der Waals surface area (Å²) in [5.74, 6) is 0. The van der Waals surface area contributed by atoms with Crippen molar-refractivity contribution in [2.75, 3.05) is 0 Å². The van der Waals surface area contributed by atoms with Gasteiger partial charge in [-0.1, -0.05) is 0 Å². The predicted octanol–water partition coefficient (Wildman–Crippen LogP) is 3.07. The largest absolute Gasteiger partial charge is 0.359 e. The lowest BCUT2D eigenvalue weighted by molar-refractivity contribution is -0.573. The van der Waals surface area contributed by atoms with Gasteiger partial charge in [-0.2, -0.15) is 5.10 Å². The fourth-order valence-corrected chi connectivity index (χ4v) is 3.36. The molecule has 22 heteroatoms. The summed E-state index contributed by atoms with van der Waals surface area (Å²) in [5.41, 5.74) is 10.2. The maximum absolute atomic E-state index is 11.5. The summed E-state index contributed by atoms with van der Waals surface area (Å²) in [5, 5.41) is 58.6. The number of nitro benzene ring substituents is 4. The molecule has 0 aliphatic rings. The number of aromatic amines is 1. The van der Waals surface area contributed by atoms with Crippen LogP contribution in [-0.4, -0.2) is 34.6 Å². The number of hydrogen-bond acceptors (Lipinski definition) is 11. The van der Waals surface area contributed by atoms with Crippen LogP contribution in [-0.2, 0) is 0 Å². The molecule has 4 aromatic rings. The summed E-state index contributed by atoms with van der Waals surface area (Å²) in [6.45, 7) is 0. The van der Waals surface area contributed by atoms with Gasteiger partial charge in [0.1, 0.15) is 0 Å². The van der Waals surface area contributed by atoms with Gasteiger partial charge in [-0.3, -0.25) is 40.5 Å². The Morgan fingerprint density at radius 3 is 1.85 bits per heavy atom. The molecular formula is C12H3N14O8+. The monoisotopic (exact) mass is 471 g/mol. The number of nitrogens with one attached hydrogen (secondary N) is 1. The van der Waals surface area contributed by atoms with E-state index in [1.54, 1.807) is 0 Å². The highest BCUT2D eigenvalue weighted by molar-refractivity contribution is 5.97. The highest BCUT2D eigenvalue weighted by atomic mass is 16.6. The van der Waals surface area contributed by atoms with Gasteiger partial charge in [-0.15, -0.1) is 4.52 Å². The summed E-state index contributed by atoms with van der Waals surface area (Å²) >= 11 is 0. The van der Waals surface area contributed by atoms with Crippen molar-refractivity contribution in [2.24, 2.45) is 10.2 Å². The minimum atomic E-state index is -1.16. The minimum Gasteiger partial charge on any atom is -0.258 e. The van der Waals surface area contributed by atoms with Crippen molar-refractivity contribution in [1.82, 2.24) is 14.9 Å². The molecule has 168 valence electrons. The molecule has 0 spiro atoms. The Bertz CT molecular complexity index is 1610. The standard InChI is InChI=1S/C12H3N14O8/c13-19-15-9-7-3(1-5(22(27)28)11(9)24(31)32)21-4-2-6(23(29)30)12(25(33)34)10(16-20-14)8(4)18-26(21)17-7/h1-2H,(H,17,18)/q+1. The van der Waals surface area contributed by atoms with E-state index in [9.17, 15) is 40.5 Å². The third-order valence-corrected chi connectivity index (χ3v) is 4.54. The Morgan fingerprint density at radius 1 is 0.853 bits per heavy atom. The van der Waals surface area contributed by atoms with E-state index in [1.807, 2.05) is 0 Å². The Balaban J connectivity index is 2.33. The van der Waals surface area contributed by atoms with Crippen LogP contribution in [0.2, 0.25) is 0 Å². The van der Waals surface area contributed by atoms with Crippen LogP contribution in [0.3, 0.4) is 0 Å². The van der Waals surface area contributed by atoms with Gasteiger partial charge in [0.2, 0.25) is 5.52 Å². The molecule has 0 fully saturated rings. The van der Waals surface area contributed by atoms with E-state index in [1.165, 1.54) is 0 Å². The van der Waals surface area contributed by atoms with E-state index in [4.69, 9.17) is 11.1 Å². The van der Waals surface area contributed by atoms with Gasteiger partial charge < -0.3 is 0 Å². The lowest BCUT2D eigenvalue weighted by Gasteiger charge is -1.99. The van der Waals surface area contributed by atoms with Crippen molar-refractivity contribution in [3.8, 4) is 0 Å². The molecule has 0 radical (unpaired) electrons. The van der Waals surface area contributed by atoms with Crippen molar-refractivity contribution in [3.63, 3.8) is 0 Å². The van der Waals surface area contributed by atoms with Gasteiger partial charge >= 0.3 is 22.7 Å². The number of nitro groups is 4. The molecule has 0 atom stereocenters. The van der Waals surface area contributed by atoms with Crippen LogP contribution in [0.4, 0.5) is 34.1 Å². The number of hydrogen-bond donors (Lipinski definition) is 1. The van der Waals surface area contributed by atoms with Crippen molar-refractivity contribution in [3.05, 3.63) is 73.5 Å². The highest BCUT2D eigenvalue weighted by Gasteiger charge is 2.39. The maximum atomic E-state index is 11.5. The lowest BCUT2D eigenvalue weighted by Crippen LogP contribution is -2.26. The normalized spacial score (nSPS) is 10.7. The first-order chi connectivity index (χ1) is 16.1. The molecule has 22 nitrogen and oxygen atoms in total. The third kappa shape index (κ3) is 2.78. The summed E-state index contributed by atoms with van der Waals surface area (Å²) in [4.78, 5) is 46.3. The Labute approximate surface area is 180 Å². The first-order valence-electron chi connectivity index (χ1n) is 8.30. The first-order valence-corrected chi connectivity index (χ1v) is 8.30. The van der Waals surface area contributed by atoms with Crippen molar-refractivity contribution >= 4 is 56.2 Å². The van der Waals surface area contributed by atoms with Gasteiger partial charge in [0.15, 0.2) is 27.9 Å². The number of benzene rings is 2. The molecule has 0 bridgehead atoms. The fraction of sp³-hybridized carbons (Fsp3) is 0. The SMILES string of the molecule is [N-]=[N+]=Nc1c([N+](=O)[O-])c([N+](=O)[O-])cc2c1nn1[nH]c3c(N=[N+]=[N-])c([N+](=O)[O-])c([N+](=O)[O-])cc3[n+]21. The molecule has 0 saturated heterocycles. The average Bonchev–Trinajstić information content (AvgIpc) is 3.29. The number of nitrogens with zero attached hydrogens (tertiary/aromatic N) is 13. The summed E-state index contributed by atoms with van der Waals surface area (Å²) in [7, 11) is 0. The summed E-state index contributed by atoms with van der Waals surface area (Å²) < 4.78 is 1.67. The fourth-order valence-electron chi connectivity index (χ4n) is 3.36. The highest BCUT2D eigenvalue weighted by Crippen LogP contribution is 2.44. The number of fused-ring (bicyclic) bond motifs is 5. The van der Waals surface area contributed by atoms with Crippen LogP contribution in [0.25, 0.3) is 43.0 Å². The number of H-pyrrole nitrogens is 1. The van der Waals surface area contributed by atoms with Gasteiger partial charge in [0.25, 0.3) is 0 Å². The molecule has 0 aliphatic carbocycles. The van der Waals surface area contributed by atoms with Gasteiger partial charge in [0, 0.05) is 14.9 Å². The molecule has 0 amide bonds. The molecular weight excluding hydrogens is 468 g/mol. The summed E-state index contributed by atoms with van der Waals surface area (Å²) in [6, 6.07) is 1.41. The average molecular weight is 471 g/mol. The van der Waals surface area contributed by atoms with E-state index >= 15 is 0 Å². The zero-order chi connectivity index (χ0) is 24.9. The van der Waals surface area contributed by atoms with Gasteiger partial charge in [-0.05, 0) is 21.3 Å². The maximum Gasteiger partial charge on any atom is 0.359 e. The molecule has 0 saturated carbocycles. The van der Waals surface area contributed by atoms with Crippen LogP contribution in [0.5, 0.6) is 0 Å². The van der Waals surface area contributed by atoms with E-state index in [0.717, 1.165) is 9.26 Å². The van der Waals surface area contributed by atoms with Crippen molar-refractivity contribution < 1.29 is 24.2 Å². The van der Waals surface area contributed by atoms with E-state index in [0.29, 0.717) is 12.1 Å². The smallest absolute Gasteiger partial charge is 0.258 e. The third-order valence-electron chi connectivity index (χ3n) is 4.54. The lowest BCUT2D eigenvalue weighted by atomic mass is 10.2. The number of rotatable bonds is 6. The Kier molecular flexibility index (Phi) is 4.49. The minimum absolute atomic E-state index is 0.280. The second kappa shape index (κ2) is 7.23. The Hall–Kier alpha value is -6.14. The molecule has 2 aromatic carbocycles. The van der Waals surface area contributed by atoms with Crippen molar-refractivity contribution in [2.45, 2.75) is 0 Å². The van der Waals surface area contributed by atoms with Crippen molar-refractivity contribution in [1.29, 1.82) is 0 Å². The number of azide groups is 2. The molecule has 2 aromatic heterocycles. The number of aromatic nitrogens is 4. The zero-order valence-corrected chi connectivity index (χ0v) is 15.7. The summed E-state index contributed by atoms with van der Waals surface area (Å²) in [6.07, 6.45) is 0. The first kappa shape index (κ1) is 21.1. The van der Waals surface area contributed by atoms with Crippen LogP contribution in [0, 0.1) is 40.5 Å². The van der Waals surface area contributed by atoms with Gasteiger partial charge in [0.05, 0.1) is 36.6 Å². The molecule has 0 unspecified atom stereocenters. The van der Waals surface area contributed by atoms with E-state index in [-0.39, 0.29) is 16.6 Å². The molecule has 2 heterocycles. The van der Waals surface area contributed by atoms with Gasteiger partial charge in [-0.25, -0.2) is 0 Å². The van der Waals surface area contributed by atoms with E-state index < -0.39 is 59.3 Å². The second-order valence-corrected chi connectivity index (χ2v) is 6.17. The van der Waals surface area contributed by atoms with Crippen LogP contribution < -0.4 is 4.52 Å². The molecule has 4 rings (SSSR count). The molecule has 1 N–H and O–H groups in total. The van der Waals surface area contributed by atoms with Crippen LogP contribution in [0.1, 0.15) is 0 Å².